The number of urea groups is 1. The molecular formula is C13H20N2O3. The van der Waals surface area contributed by atoms with Gasteiger partial charge in [-0.05, 0) is 24.2 Å². The van der Waals surface area contributed by atoms with Gasteiger partial charge in [0.1, 0.15) is 5.41 Å². The molecule has 1 aliphatic carbocycles. The lowest BCUT2D eigenvalue weighted by atomic mass is 9.69. The van der Waals surface area contributed by atoms with Crippen LogP contribution >= 0.6 is 0 Å². The molecule has 2 rings (SSSR count). The summed E-state index contributed by atoms with van der Waals surface area (Å²) in [6.07, 6.45) is 2.92. The summed E-state index contributed by atoms with van der Waals surface area (Å²) >= 11 is 0. The number of hydrogen-bond acceptors (Lipinski definition) is 3. The Morgan fingerprint density at radius 1 is 1.17 bits per heavy atom. The van der Waals surface area contributed by atoms with Gasteiger partial charge < -0.3 is 0 Å². The highest BCUT2D eigenvalue weighted by Gasteiger charge is 2.62. The third kappa shape index (κ3) is 1.56. The molecule has 1 saturated heterocycles. The van der Waals surface area contributed by atoms with Crippen LogP contribution in [0, 0.1) is 23.2 Å². The Balaban J connectivity index is 2.37. The van der Waals surface area contributed by atoms with Crippen molar-refractivity contribution in [2.45, 2.75) is 40.0 Å². The highest BCUT2D eigenvalue weighted by Crippen LogP contribution is 2.53. The standard InChI is InChI=1S/C13H20N2O3/c1-4-5-9-6-7(2)13(8(9)3)10(16)14-12(18)15-11(13)17/h7-9H,4-6H2,1-3H3,(H2,14,15,16,17,18). The molecule has 5 heteroatoms. The van der Waals surface area contributed by atoms with Gasteiger partial charge in [-0.1, -0.05) is 33.6 Å². The van der Waals surface area contributed by atoms with Crippen LogP contribution in [0.5, 0.6) is 0 Å². The van der Waals surface area contributed by atoms with Crippen molar-refractivity contribution in [1.82, 2.24) is 10.6 Å². The molecule has 1 aliphatic heterocycles. The zero-order chi connectivity index (χ0) is 13.5. The second-order valence-electron chi connectivity index (χ2n) is 5.58. The summed E-state index contributed by atoms with van der Waals surface area (Å²) in [4.78, 5) is 35.6. The van der Waals surface area contributed by atoms with Crippen LogP contribution in [-0.2, 0) is 9.59 Å². The minimum absolute atomic E-state index is 0.0273. The molecule has 2 aliphatic rings. The smallest absolute Gasteiger partial charge is 0.277 e. The number of nitrogens with one attached hydrogen (secondary N) is 2. The monoisotopic (exact) mass is 252 g/mol. The highest BCUT2D eigenvalue weighted by atomic mass is 16.2. The van der Waals surface area contributed by atoms with Crippen LogP contribution in [0.1, 0.15) is 40.0 Å². The third-order valence-corrected chi connectivity index (χ3v) is 4.72. The fraction of sp³-hybridized carbons (Fsp3) is 0.769. The molecular weight excluding hydrogens is 232 g/mol. The largest absolute Gasteiger partial charge is 0.328 e. The van der Waals surface area contributed by atoms with Gasteiger partial charge in [0.25, 0.3) is 0 Å². The van der Waals surface area contributed by atoms with E-state index in [1.807, 2.05) is 13.8 Å². The maximum atomic E-state index is 12.2. The Kier molecular flexibility index (Phi) is 3.17. The Hall–Kier alpha value is -1.39. The lowest BCUT2D eigenvalue weighted by Crippen LogP contribution is -2.65. The summed E-state index contributed by atoms with van der Waals surface area (Å²) < 4.78 is 0. The van der Waals surface area contributed by atoms with Gasteiger partial charge in [-0.2, -0.15) is 0 Å². The first-order chi connectivity index (χ1) is 8.44. The van der Waals surface area contributed by atoms with Crippen molar-refractivity contribution in [3.8, 4) is 0 Å². The number of imide groups is 2. The predicted octanol–water partition coefficient (Wildman–Crippen LogP) is 1.43. The summed E-state index contributed by atoms with van der Waals surface area (Å²) in [5, 5.41) is 4.51. The lowest BCUT2D eigenvalue weighted by molar-refractivity contribution is -0.149. The van der Waals surface area contributed by atoms with Crippen molar-refractivity contribution in [2.75, 3.05) is 0 Å². The Morgan fingerprint density at radius 2 is 1.72 bits per heavy atom. The van der Waals surface area contributed by atoms with Crippen molar-refractivity contribution in [2.24, 2.45) is 23.2 Å². The number of carbonyl (C=O) groups excluding carboxylic acids is 3. The van der Waals surface area contributed by atoms with Crippen LogP contribution in [0.4, 0.5) is 4.79 Å². The molecule has 0 aromatic carbocycles. The number of hydrogen-bond donors (Lipinski definition) is 2. The molecule has 1 spiro atoms. The van der Waals surface area contributed by atoms with E-state index in [2.05, 4.69) is 17.6 Å². The van der Waals surface area contributed by atoms with E-state index in [1.165, 1.54) is 0 Å². The van der Waals surface area contributed by atoms with Crippen molar-refractivity contribution in [1.29, 1.82) is 0 Å². The fourth-order valence-electron chi connectivity index (χ4n) is 3.81. The van der Waals surface area contributed by atoms with E-state index in [0.29, 0.717) is 5.92 Å². The molecule has 2 N–H and O–H groups in total. The van der Waals surface area contributed by atoms with Crippen LogP contribution in [0.25, 0.3) is 0 Å². The van der Waals surface area contributed by atoms with Crippen LogP contribution in [0.2, 0.25) is 0 Å². The summed E-state index contributed by atoms with van der Waals surface area (Å²) in [5.74, 6) is -0.530. The highest BCUT2D eigenvalue weighted by molar-refractivity contribution is 6.19. The van der Waals surface area contributed by atoms with E-state index in [9.17, 15) is 14.4 Å². The van der Waals surface area contributed by atoms with Gasteiger partial charge in [0.05, 0.1) is 0 Å². The minimum atomic E-state index is -1.06. The molecule has 5 nitrogen and oxygen atoms in total. The molecule has 3 unspecified atom stereocenters. The maximum Gasteiger partial charge on any atom is 0.328 e. The third-order valence-electron chi connectivity index (χ3n) is 4.72. The summed E-state index contributed by atoms with van der Waals surface area (Å²) in [7, 11) is 0. The maximum absolute atomic E-state index is 12.2. The van der Waals surface area contributed by atoms with E-state index < -0.39 is 23.3 Å². The molecule has 1 saturated carbocycles. The second-order valence-corrected chi connectivity index (χ2v) is 5.58. The van der Waals surface area contributed by atoms with Gasteiger partial charge >= 0.3 is 6.03 Å². The van der Waals surface area contributed by atoms with E-state index in [1.54, 1.807) is 0 Å². The van der Waals surface area contributed by atoms with Crippen molar-refractivity contribution < 1.29 is 14.4 Å². The quantitative estimate of drug-likeness (QED) is 0.730. The predicted molar refractivity (Wildman–Crippen MR) is 65.5 cm³/mol. The van der Waals surface area contributed by atoms with Crippen molar-refractivity contribution >= 4 is 17.8 Å². The summed E-state index contributed by atoms with van der Waals surface area (Å²) in [5.41, 5.74) is -1.06. The molecule has 1 heterocycles. The molecule has 2 fully saturated rings. The van der Waals surface area contributed by atoms with Gasteiger partial charge in [0.15, 0.2) is 0 Å². The summed E-state index contributed by atoms with van der Waals surface area (Å²) in [6.45, 7) is 5.99. The molecule has 3 atom stereocenters. The second kappa shape index (κ2) is 4.37. The molecule has 0 bridgehead atoms. The topological polar surface area (TPSA) is 75.3 Å². The first-order valence-corrected chi connectivity index (χ1v) is 6.61. The average molecular weight is 252 g/mol. The molecule has 0 aromatic rings. The number of amides is 4. The Bertz CT molecular complexity index is 385. The Labute approximate surface area is 107 Å². The van der Waals surface area contributed by atoms with E-state index >= 15 is 0 Å². The number of rotatable bonds is 2. The minimum Gasteiger partial charge on any atom is -0.277 e. The van der Waals surface area contributed by atoms with Crippen LogP contribution in [0.15, 0.2) is 0 Å². The van der Waals surface area contributed by atoms with Gasteiger partial charge in [-0.3, -0.25) is 20.2 Å². The lowest BCUT2D eigenvalue weighted by Gasteiger charge is -2.37. The Morgan fingerprint density at radius 3 is 2.22 bits per heavy atom. The molecule has 4 amide bonds. The van der Waals surface area contributed by atoms with Crippen molar-refractivity contribution in [3.63, 3.8) is 0 Å². The summed E-state index contributed by atoms with van der Waals surface area (Å²) in [6, 6.07) is -0.700. The first kappa shape index (κ1) is 13.1. The molecule has 100 valence electrons. The number of carbonyl (C=O) groups is 3. The average Bonchev–Trinajstić information content (AvgIpc) is 2.50. The zero-order valence-electron chi connectivity index (χ0n) is 11.1. The van der Waals surface area contributed by atoms with Gasteiger partial charge in [-0.15, -0.1) is 0 Å². The van der Waals surface area contributed by atoms with Gasteiger partial charge in [0.2, 0.25) is 11.8 Å². The SMILES string of the molecule is CCCC1CC(C)C2(C(=O)NC(=O)NC2=O)C1C. The van der Waals surface area contributed by atoms with Gasteiger partial charge in [-0.25, -0.2) is 4.79 Å². The zero-order valence-corrected chi connectivity index (χ0v) is 11.1. The van der Waals surface area contributed by atoms with Crippen LogP contribution in [-0.4, -0.2) is 17.8 Å². The van der Waals surface area contributed by atoms with E-state index in [4.69, 9.17) is 0 Å². The van der Waals surface area contributed by atoms with E-state index in [0.717, 1.165) is 19.3 Å². The van der Waals surface area contributed by atoms with Crippen molar-refractivity contribution in [3.05, 3.63) is 0 Å². The first-order valence-electron chi connectivity index (χ1n) is 6.61. The van der Waals surface area contributed by atoms with E-state index in [-0.39, 0.29) is 11.8 Å². The van der Waals surface area contributed by atoms with Gasteiger partial charge in [0, 0.05) is 0 Å². The van der Waals surface area contributed by atoms with Crippen LogP contribution in [0.3, 0.4) is 0 Å². The molecule has 0 aromatic heterocycles. The fourth-order valence-corrected chi connectivity index (χ4v) is 3.81. The normalized spacial score (nSPS) is 34.6. The molecule has 18 heavy (non-hydrogen) atoms. The molecule has 0 radical (unpaired) electrons. The van der Waals surface area contributed by atoms with Crippen LogP contribution < -0.4 is 10.6 Å². The number of barbiturate groups is 1.